The van der Waals surface area contributed by atoms with Crippen molar-refractivity contribution < 1.29 is 9.53 Å². The first-order valence-electron chi connectivity index (χ1n) is 10.1. The SMILES string of the molecule is COc1cccc(CNC(=O)CSc2nnc(-c3ccncc3)n2-c2ccccc2C)c1. The molecule has 0 unspecified atom stereocenters. The van der Waals surface area contributed by atoms with Gasteiger partial charge in [-0.15, -0.1) is 10.2 Å². The van der Waals surface area contributed by atoms with Gasteiger partial charge in [-0.2, -0.15) is 0 Å². The molecule has 2 heterocycles. The maximum Gasteiger partial charge on any atom is 0.230 e. The summed E-state index contributed by atoms with van der Waals surface area (Å²) in [5.41, 5.74) is 3.95. The fraction of sp³-hybridized carbons (Fsp3) is 0.167. The molecule has 2 aromatic carbocycles. The van der Waals surface area contributed by atoms with Gasteiger partial charge in [0.05, 0.1) is 18.6 Å². The number of carbonyl (C=O) groups excluding carboxylic acids is 1. The molecule has 32 heavy (non-hydrogen) atoms. The molecule has 0 aliphatic heterocycles. The van der Waals surface area contributed by atoms with Gasteiger partial charge in [0.2, 0.25) is 5.91 Å². The molecule has 1 amide bonds. The van der Waals surface area contributed by atoms with E-state index in [1.807, 2.05) is 72.2 Å². The standard InChI is InChI=1S/C24H23N5O2S/c1-17-6-3-4-9-21(17)29-23(19-10-12-25-13-11-19)27-28-24(29)32-16-22(30)26-15-18-7-5-8-20(14-18)31-2/h3-14H,15-16H2,1-2H3,(H,26,30). The van der Waals surface area contributed by atoms with Crippen LogP contribution in [0.4, 0.5) is 0 Å². The molecule has 2 aromatic heterocycles. The zero-order chi connectivity index (χ0) is 22.3. The van der Waals surface area contributed by atoms with E-state index in [4.69, 9.17) is 4.74 Å². The van der Waals surface area contributed by atoms with E-state index < -0.39 is 0 Å². The van der Waals surface area contributed by atoms with E-state index in [0.29, 0.717) is 17.5 Å². The molecule has 0 fully saturated rings. The second kappa shape index (κ2) is 10.1. The zero-order valence-electron chi connectivity index (χ0n) is 17.9. The Morgan fingerprint density at radius 3 is 2.66 bits per heavy atom. The number of rotatable bonds is 8. The lowest BCUT2D eigenvalue weighted by molar-refractivity contribution is -0.118. The summed E-state index contributed by atoms with van der Waals surface area (Å²) in [4.78, 5) is 16.6. The summed E-state index contributed by atoms with van der Waals surface area (Å²) in [5.74, 6) is 1.62. The molecule has 0 aliphatic rings. The maximum atomic E-state index is 12.5. The molecular weight excluding hydrogens is 422 g/mol. The molecule has 0 saturated carbocycles. The summed E-state index contributed by atoms with van der Waals surface area (Å²) < 4.78 is 7.22. The molecule has 0 saturated heterocycles. The Balaban J connectivity index is 1.51. The maximum absolute atomic E-state index is 12.5. The van der Waals surface area contributed by atoms with E-state index in [1.54, 1.807) is 19.5 Å². The molecule has 4 rings (SSSR count). The number of thioether (sulfide) groups is 1. The first-order chi connectivity index (χ1) is 15.7. The van der Waals surface area contributed by atoms with Crippen LogP contribution in [0.25, 0.3) is 17.1 Å². The Morgan fingerprint density at radius 1 is 1.06 bits per heavy atom. The van der Waals surface area contributed by atoms with Crippen LogP contribution in [0, 0.1) is 6.92 Å². The summed E-state index contributed by atoms with van der Waals surface area (Å²) in [7, 11) is 1.62. The number of methoxy groups -OCH3 is 1. The topological polar surface area (TPSA) is 81.9 Å². The van der Waals surface area contributed by atoms with E-state index in [1.165, 1.54) is 11.8 Å². The molecule has 4 aromatic rings. The number of nitrogens with one attached hydrogen (secondary N) is 1. The van der Waals surface area contributed by atoms with Crippen molar-refractivity contribution in [3.63, 3.8) is 0 Å². The number of benzene rings is 2. The van der Waals surface area contributed by atoms with Crippen LogP contribution < -0.4 is 10.1 Å². The van der Waals surface area contributed by atoms with Crippen LogP contribution >= 0.6 is 11.8 Å². The second-order valence-corrected chi connectivity index (χ2v) is 8.02. The molecule has 8 heteroatoms. The highest BCUT2D eigenvalue weighted by Crippen LogP contribution is 2.29. The average molecular weight is 446 g/mol. The van der Waals surface area contributed by atoms with Gasteiger partial charge >= 0.3 is 0 Å². The molecule has 0 radical (unpaired) electrons. The first kappa shape index (κ1) is 21.6. The van der Waals surface area contributed by atoms with Crippen LogP contribution in [-0.2, 0) is 11.3 Å². The summed E-state index contributed by atoms with van der Waals surface area (Å²) in [5, 5.41) is 12.4. The number of carbonyl (C=O) groups is 1. The molecule has 7 nitrogen and oxygen atoms in total. The van der Waals surface area contributed by atoms with E-state index in [0.717, 1.165) is 28.1 Å². The summed E-state index contributed by atoms with van der Waals surface area (Å²) in [6.45, 7) is 2.48. The number of pyridine rings is 1. The smallest absolute Gasteiger partial charge is 0.230 e. The first-order valence-corrected chi connectivity index (χ1v) is 11.1. The molecular formula is C24H23N5O2S. The number of hydrogen-bond acceptors (Lipinski definition) is 6. The number of ether oxygens (including phenoxy) is 1. The number of hydrogen-bond donors (Lipinski definition) is 1. The number of aryl methyl sites for hydroxylation is 1. The highest BCUT2D eigenvalue weighted by molar-refractivity contribution is 7.99. The van der Waals surface area contributed by atoms with Crippen LogP contribution in [0.3, 0.4) is 0 Å². The predicted octanol–water partition coefficient (Wildman–Crippen LogP) is 4.05. The zero-order valence-corrected chi connectivity index (χ0v) is 18.7. The van der Waals surface area contributed by atoms with Crippen molar-refractivity contribution in [1.29, 1.82) is 0 Å². The lowest BCUT2D eigenvalue weighted by Gasteiger charge is -2.13. The second-order valence-electron chi connectivity index (χ2n) is 7.08. The minimum atomic E-state index is -0.0809. The summed E-state index contributed by atoms with van der Waals surface area (Å²) in [6.07, 6.45) is 3.45. The Kier molecular flexibility index (Phi) is 6.81. The van der Waals surface area contributed by atoms with Crippen LogP contribution in [0.5, 0.6) is 5.75 Å². The Hall–Kier alpha value is -3.65. The van der Waals surface area contributed by atoms with Crippen molar-refractivity contribution in [2.24, 2.45) is 0 Å². The average Bonchev–Trinajstić information content (AvgIpc) is 3.26. The molecule has 1 N–H and O–H groups in total. The van der Waals surface area contributed by atoms with Gasteiger partial charge in [-0.25, -0.2) is 0 Å². The van der Waals surface area contributed by atoms with E-state index in [-0.39, 0.29) is 11.7 Å². The van der Waals surface area contributed by atoms with Crippen molar-refractivity contribution >= 4 is 17.7 Å². The molecule has 0 aliphatic carbocycles. The number of aromatic nitrogens is 4. The van der Waals surface area contributed by atoms with Crippen molar-refractivity contribution in [3.05, 3.63) is 84.2 Å². The van der Waals surface area contributed by atoms with Gasteiger partial charge < -0.3 is 10.1 Å². The van der Waals surface area contributed by atoms with Gasteiger partial charge in [0.15, 0.2) is 11.0 Å². The normalized spacial score (nSPS) is 10.7. The third-order valence-corrected chi connectivity index (χ3v) is 5.81. The monoisotopic (exact) mass is 445 g/mol. The third kappa shape index (κ3) is 4.97. The lowest BCUT2D eigenvalue weighted by atomic mass is 10.2. The van der Waals surface area contributed by atoms with Crippen molar-refractivity contribution in [1.82, 2.24) is 25.1 Å². The Morgan fingerprint density at radius 2 is 1.88 bits per heavy atom. The summed E-state index contributed by atoms with van der Waals surface area (Å²) in [6, 6.07) is 19.5. The fourth-order valence-electron chi connectivity index (χ4n) is 3.25. The highest BCUT2D eigenvalue weighted by Gasteiger charge is 2.18. The van der Waals surface area contributed by atoms with Crippen molar-refractivity contribution in [2.75, 3.05) is 12.9 Å². The third-order valence-electron chi connectivity index (χ3n) is 4.88. The number of nitrogens with zero attached hydrogens (tertiary/aromatic N) is 4. The van der Waals surface area contributed by atoms with Crippen LogP contribution in [0.1, 0.15) is 11.1 Å². The summed E-state index contributed by atoms with van der Waals surface area (Å²) >= 11 is 1.35. The van der Waals surface area contributed by atoms with Crippen LogP contribution in [0.15, 0.2) is 78.2 Å². The quantitative estimate of drug-likeness (QED) is 0.412. The molecule has 0 spiro atoms. The molecule has 0 atom stereocenters. The van der Waals surface area contributed by atoms with Gasteiger partial charge in [-0.3, -0.25) is 14.3 Å². The minimum absolute atomic E-state index is 0.0809. The van der Waals surface area contributed by atoms with Crippen molar-refractivity contribution in [3.8, 4) is 22.8 Å². The Labute approximate surface area is 190 Å². The van der Waals surface area contributed by atoms with E-state index in [2.05, 4.69) is 20.5 Å². The number of amides is 1. The van der Waals surface area contributed by atoms with Gasteiger partial charge in [0.1, 0.15) is 5.75 Å². The van der Waals surface area contributed by atoms with E-state index in [9.17, 15) is 4.79 Å². The number of para-hydroxylation sites is 1. The van der Waals surface area contributed by atoms with Gasteiger partial charge in [-0.1, -0.05) is 42.1 Å². The van der Waals surface area contributed by atoms with Gasteiger partial charge in [0, 0.05) is 24.5 Å². The lowest BCUT2D eigenvalue weighted by Crippen LogP contribution is -2.24. The van der Waals surface area contributed by atoms with Crippen molar-refractivity contribution in [2.45, 2.75) is 18.6 Å². The van der Waals surface area contributed by atoms with Crippen LogP contribution in [0.2, 0.25) is 0 Å². The molecule has 162 valence electrons. The Bertz CT molecular complexity index is 1210. The highest BCUT2D eigenvalue weighted by atomic mass is 32.2. The van der Waals surface area contributed by atoms with E-state index >= 15 is 0 Å². The van der Waals surface area contributed by atoms with Gasteiger partial charge in [0.25, 0.3) is 0 Å². The molecule has 0 bridgehead atoms. The predicted molar refractivity (Wildman–Crippen MR) is 125 cm³/mol. The largest absolute Gasteiger partial charge is 0.497 e. The van der Waals surface area contributed by atoms with Gasteiger partial charge in [-0.05, 0) is 48.4 Å². The fourth-order valence-corrected chi connectivity index (χ4v) is 4.02. The minimum Gasteiger partial charge on any atom is -0.497 e. The van der Waals surface area contributed by atoms with Crippen LogP contribution in [-0.4, -0.2) is 38.5 Å².